The summed E-state index contributed by atoms with van der Waals surface area (Å²) in [5.74, 6) is -0.793. The lowest BCUT2D eigenvalue weighted by molar-refractivity contribution is 0.290. The standard InChI is InChI=1S/C13H10BrF2NO/c14-9-1-3-11(16)13(6-9)18-7-8-5-10(15)2-4-12(8)17/h1-6H,7,17H2. The molecule has 0 aromatic heterocycles. The number of nitrogen functional groups attached to an aromatic ring is 1. The SMILES string of the molecule is Nc1ccc(F)cc1COc1cc(Br)ccc1F. The van der Waals surface area contributed by atoms with Crippen molar-refractivity contribution < 1.29 is 13.5 Å². The Labute approximate surface area is 112 Å². The van der Waals surface area contributed by atoms with Crippen LogP contribution in [0, 0.1) is 11.6 Å². The van der Waals surface area contributed by atoms with E-state index in [-0.39, 0.29) is 12.4 Å². The smallest absolute Gasteiger partial charge is 0.165 e. The average Bonchev–Trinajstić information content (AvgIpc) is 2.34. The van der Waals surface area contributed by atoms with Crippen molar-refractivity contribution >= 4 is 21.6 Å². The Morgan fingerprint density at radius 3 is 2.67 bits per heavy atom. The minimum absolute atomic E-state index is 0.0109. The Kier molecular flexibility index (Phi) is 3.81. The highest BCUT2D eigenvalue weighted by Gasteiger charge is 2.06. The van der Waals surface area contributed by atoms with Gasteiger partial charge in [-0.15, -0.1) is 0 Å². The number of anilines is 1. The number of hydrogen-bond acceptors (Lipinski definition) is 2. The van der Waals surface area contributed by atoms with Gasteiger partial charge in [-0.3, -0.25) is 0 Å². The molecule has 2 rings (SSSR count). The molecule has 0 aliphatic rings. The number of benzene rings is 2. The molecule has 0 aliphatic heterocycles. The first-order chi connectivity index (χ1) is 8.56. The molecule has 0 saturated heterocycles. The first kappa shape index (κ1) is 12.8. The van der Waals surface area contributed by atoms with Gasteiger partial charge in [0.25, 0.3) is 0 Å². The summed E-state index contributed by atoms with van der Waals surface area (Å²) >= 11 is 3.22. The van der Waals surface area contributed by atoms with Crippen molar-refractivity contribution in [1.82, 2.24) is 0 Å². The molecular weight excluding hydrogens is 304 g/mol. The molecule has 2 nitrogen and oxygen atoms in total. The molecule has 0 saturated carbocycles. The van der Waals surface area contributed by atoms with E-state index in [2.05, 4.69) is 15.9 Å². The third-order valence-corrected chi connectivity index (χ3v) is 2.87. The van der Waals surface area contributed by atoms with Crippen LogP contribution in [0.3, 0.4) is 0 Å². The van der Waals surface area contributed by atoms with Gasteiger partial charge in [0.05, 0.1) is 0 Å². The first-order valence-electron chi connectivity index (χ1n) is 5.18. The molecule has 18 heavy (non-hydrogen) atoms. The molecule has 0 atom stereocenters. The van der Waals surface area contributed by atoms with Crippen molar-refractivity contribution in [3.63, 3.8) is 0 Å². The molecule has 2 aromatic carbocycles. The van der Waals surface area contributed by atoms with Gasteiger partial charge in [-0.1, -0.05) is 15.9 Å². The van der Waals surface area contributed by atoms with Gasteiger partial charge < -0.3 is 10.5 Å². The van der Waals surface area contributed by atoms with Gasteiger partial charge in [0.1, 0.15) is 12.4 Å². The third-order valence-electron chi connectivity index (χ3n) is 2.38. The van der Waals surface area contributed by atoms with Crippen molar-refractivity contribution in [2.75, 3.05) is 5.73 Å². The Hall–Kier alpha value is -1.62. The van der Waals surface area contributed by atoms with Crippen molar-refractivity contribution in [2.45, 2.75) is 6.61 Å². The number of nitrogens with two attached hydrogens (primary N) is 1. The van der Waals surface area contributed by atoms with Crippen LogP contribution in [0.25, 0.3) is 0 Å². The molecule has 2 N–H and O–H groups in total. The Morgan fingerprint density at radius 1 is 1.11 bits per heavy atom. The van der Waals surface area contributed by atoms with Gasteiger partial charge in [-0.25, -0.2) is 8.78 Å². The fourth-order valence-corrected chi connectivity index (χ4v) is 1.78. The van der Waals surface area contributed by atoms with E-state index in [0.717, 1.165) is 0 Å². The molecule has 0 fully saturated rings. The maximum atomic E-state index is 13.4. The number of halogens is 3. The van der Waals surface area contributed by atoms with Crippen LogP contribution >= 0.6 is 15.9 Å². The third kappa shape index (κ3) is 2.98. The van der Waals surface area contributed by atoms with Gasteiger partial charge in [0.15, 0.2) is 11.6 Å². The lowest BCUT2D eigenvalue weighted by Gasteiger charge is -2.09. The van der Waals surface area contributed by atoms with Gasteiger partial charge >= 0.3 is 0 Å². The predicted octanol–water partition coefficient (Wildman–Crippen LogP) is 3.89. The van der Waals surface area contributed by atoms with Crippen LogP contribution in [0.5, 0.6) is 5.75 Å². The van der Waals surface area contributed by atoms with E-state index < -0.39 is 11.6 Å². The van der Waals surface area contributed by atoms with E-state index in [9.17, 15) is 8.78 Å². The highest BCUT2D eigenvalue weighted by Crippen LogP contribution is 2.24. The summed E-state index contributed by atoms with van der Waals surface area (Å²) in [7, 11) is 0. The van der Waals surface area contributed by atoms with Crippen LogP contribution in [-0.4, -0.2) is 0 Å². The van der Waals surface area contributed by atoms with Crippen molar-refractivity contribution in [3.8, 4) is 5.75 Å². The van der Waals surface area contributed by atoms with Gasteiger partial charge in [0, 0.05) is 15.7 Å². The topological polar surface area (TPSA) is 35.2 Å². The van der Waals surface area contributed by atoms with Crippen molar-refractivity contribution in [2.24, 2.45) is 0 Å². The van der Waals surface area contributed by atoms with Crippen LogP contribution in [0.1, 0.15) is 5.56 Å². The zero-order valence-corrected chi connectivity index (χ0v) is 10.9. The molecule has 0 radical (unpaired) electrons. The van der Waals surface area contributed by atoms with E-state index in [1.54, 1.807) is 6.07 Å². The summed E-state index contributed by atoms with van der Waals surface area (Å²) in [5, 5.41) is 0. The quantitative estimate of drug-likeness (QED) is 0.873. The summed E-state index contributed by atoms with van der Waals surface area (Å²) < 4.78 is 32.4. The zero-order chi connectivity index (χ0) is 13.1. The number of rotatable bonds is 3. The maximum absolute atomic E-state index is 13.4. The van der Waals surface area contributed by atoms with E-state index in [0.29, 0.717) is 15.7 Å². The fraction of sp³-hybridized carbons (Fsp3) is 0.0769. The molecule has 0 unspecified atom stereocenters. The Bertz CT molecular complexity index is 523. The second-order valence-corrected chi connectivity index (χ2v) is 4.62. The van der Waals surface area contributed by atoms with Gasteiger partial charge in [-0.2, -0.15) is 0 Å². The van der Waals surface area contributed by atoms with E-state index in [1.807, 2.05) is 0 Å². The van der Waals surface area contributed by atoms with Crippen molar-refractivity contribution in [1.29, 1.82) is 0 Å². The molecule has 0 heterocycles. The molecular formula is C13H10BrF2NO. The number of ether oxygens (including phenoxy) is 1. The minimum Gasteiger partial charge on any atom is -0.486 e. The van der Waals surface area contributed by atoms with Crippen LogP contribution in [0.15, 0.2) is 40.9 Å². The monoisotopic (exact) mass is 313 g/mol. The molecule has 0 bridgehead atoms. The normalized spacial score (nSPS) is 10.4. The molecule has 0 amide bonds. The Morgan fingerprint density at radius 2 is 1.89 bits per heavy atom. The summed E-state index contributed by atoms with van der Waals surface area (Å²) in [5.41, 5.74) is 6.56. The number of hydrogen-bond donors (Lipinski definition) is 1. The molecule has 0 spiro atoms. The largest absolute Gasteiger partial charge is 0.486 e. The maximum Gasteiger partial charge on any atom is 0.165 e. The van der Waals surface area contributed by atoms with E-state index >= 15 is 0 Å². The molecule has 0 aliphatic carbocycles. The zero-order valence-electron chi connectivity index (χ0n) is 9.29. The summed E-state index contributed by atoms with van der Waals surface area (Å²) in [6, 6.07) is 8.34. The van der Waals surface area contributed by atoms with Gasteiger partial charge in [-0.05, 0) is 36.4 Å². The lowest BCUT2D eigenvalue weighted by Crippen LogP contribution is -2.02. The van der Waals surface area contributed by atoms with Crippen LogP contribution < -0.4 is 10.5 Å². The second-order valence-electron chi connectivity index (χ2n) is 3.71. The summed E-state index contributed by atoms with van der Waals surface area (Å²) in [6.45, 7) is 0.0109. The van der Waals surface area contributed by atoms with Crippen LogP contribution in [-0.2, 0) is 6.61 Å². The average molecular weight is 314 g/mol. The highest BCUT2D eigenvalue weighted by molar-refractivity contribution is 9.10. The van der Waals surface area contributed by atoms with E-state index in [4.69, 9.17) is 10.5 Å². The highest BCUT2D eigenvalue weighted by atomic mass is 79.9. The van der Waals surface area contributed by atoms with Crippen molar-refractivity contribution in [3.05, 3.63) is 58.1 Å². The van der Waals surface area contributed by atoms with Crippen LogP contribution in [0.4, 0.5) is 14.5 Å². The molecule has 5 heteroatoms. The van der Waals surface area contributed by atoms with E-state index in [1.165, 1.54) is 30.3 Å². The molecule has 2 aromatic rings. The summed E-state index contributed by atoms with van der Waals surface area (Å²) in [6.07, 6.45) is 0. The molecule has 94 valence electrons. The van der Waals surface area contributed by atoms with Crippen LogP contribution in [0.2, 0.25) is 0 Å². The lowest BCUT2D eigenvalue weighted by atomic mass is 10.2. The Balaban J connectivity index is 2.16. The predicted molar refractivity (Wildman–Crippen MR) is 69.2 cm³/mol. The minimum atomic E-state index is -0.479. The van der Waals surface area contributed by atoms with Gasteiger partial charge in [0.2, 0.25) is 0 Å². The first-order valence-corrected chi connectivity index (χ1v) is 5.97. The summed E-state index contributed by atoms with van der Waals surface area (Å²) in [4.78, 5) is 0. The second kappa shape index (κ2) is 5.35. The fourth-order valence-electron chi connectivity index (χ4n) is 1.44.